The van der Waals surface area contributed by atoms with E-state index in [2.05, 4.69) is 25.2 Å². The smallest absolute Gasteiger partial charge is 0.224 e. The van der Waals surface area contributed by atoms with Crippen LogP contribution in [0.2, 0.25) is 0 Å². The number of amides is 1. The fourth-order valence-electron chi connectivity index (χ4n) is 3.46. The Hall–Kier alpha value is -2.29. The highest BCUT2D eigenvalue weighted by Crippen LogP contribution is 2.42. The van der Waals surface area contributed by atoms with Crippen molar-refractivity contribution in [2.45, 2.75) is 51.2 Å². The molecule has 126 valence electrons. The molecule has 3 nitrogen and oxygen atoms in total. The second kappa shape index (κ2) is 7.08. The molecule has 1 aliphatic rings. The summed E-state index contributed by atoms with van der Waals surface area (Å²) in [5, 5.41) is 3.23. The van der Waals surface area contributed by atoms with Crippen LogP contribution in [0.3, 0.4) is 0 Å². The third-order valence-corrected chi connectivity index (χ3v) is 5.03. The van der Waals surface area contributed by atoms with E-state index in [0.29, 0.717) is 6.42 Å². The van der Waals surface area contributed by atoms with Crippen LogP contribution in [-0.4, -0.2) is 11.5 Å². The Labute approximate surface area is 144 Å². The highest BCUT2D eigenvalue weighted by Gasteiger charge is 2.38. The molecule has 2 aromatic carbocycles. The van der Waals surface area contributed by atoms with Gasteiger partial charge in [0.05, 0.1) is 12.5 Å². The predicted molar refractivity (Wildman–Crippen MR) is 96.0 cm³/mol. The van der Waals surface area contributed by atoms with E-state index in [1.165, 1.54) is 0 Å². The summed E-state index contributed by atoms with van der Waals surface area (Å²) >= 11 is 0. The molecule has 1 heterocycles. The number of carbonyl (C=O) groups excluding carboxylic acids is 1. The number of carbonyl (C=O) groups is 1. The van der Waals surface area contributed by atoms with E-state index >= 15 is 0 Å². The number of benzene rings is 2. The lowest BCUT2D eigenvalue weighted by molar-refractivity contribution is -0.121. The van der Waals surface area contributed by atoms with Crippen molar-refractivity contribution < 1.29 is 9.53 Å². The average molecular weight is 323 g/mol. The fraction of sp³-hybridized carbons (Fsp3) is 0.381. The molecule has 0 spiro atoms. The van der Waals surface area contributed by atoms with Gasteiger partial charge in [0, 0.05) is 12.0 Å². The third kappa shape index (κ3) is 3.45. The summed E-state index contributed by atoms with van der Waals surface area (Å²) in [5.41, 5.74) is 1.92. The molecule has 0 saturated heterocycles. The van der Waals surface area contributed by atoms with E-state index < -0.39 is 0 Å². The van der Waals surface area contributed by atoms with Gasteiger partial charge in [-0.2, -0.15) is 0 Å². The van der Waals surface area contributed by atoms with Crippen LogP contribution >= 0.6 is 0 Å². The first-order valence-electron chi connectivity index (χ1n) is 8.77. The van der Waals surface area contributed by atoms with Crippen LogP contribution in [0.15, 0.2) is 54.6 Å². The first kappa shape index (κ1) is 16.6. The molecule has 0 aromatic heterocycles. The maximum atomic E-state index is 12.5. The molecule has 0 fully saturated rings. The van der Waals surface area contributed by atoms with Crippen molar-refractivity contribution in [2.75, 3.05) is 0 Å². The van der Waals surface area contributed by atoms with Crippen molar-refractivity contribution in [1.29, 1.82) is 0 Å². The first-order valence-corrected chi connectivity index (χ1v) is 8.77. The van der Waals surface area contributed by atoms with E-state index in [1.54, 1.807) is 0 Å². The number of para-hydroxylation sites is 1. The molecule has 0 unspecified atom stereocenters. The Balaban J connectivity index is 1.79. The van der Waals surface area contributed by atoms with E-state index in [1.807, 2.05) is 48.5 Å². The van der Waals surface area contributed by atoms with Crippen molar-refractivity contribution in [1.82, 2.24) is 5.32 Å². The van der Waals surface area contributed by atoms with Crippen LogP contribution in [0, 0.1) is 0 Å². The molecule has 24 heavy (non-hydrogen) atoms. The van der Waals surface area contributed by atoms with Gasteiger partial charge >= 0.3 is 0 Å². The molecule has 1 amide bonds. The molecule has 2 aromatic rings. The van der Waals surface area contributed by atoms with Gasteiger partial charge < -0.3 is 10.1 Å². The van der Waals surface area contributed by atoms with Gasteiger partial charge in [0.1, 0.15) is 11.4 Å². The third-order valence-electron chi connectivity index (χ3n) is 5.03. The number of fused-ring (bicyclic) bond motifs is 1. The van der Waals surface area contributed by atoms with Crippen molar-refractivity contribution in [3.05, 3.63) is 65.7 Å². The maximum Gasteiger partial charge on any atom is 0.224 e. The minimum Gasteiger partial charge on any atom is -0.487 e. The highest BCUT2D eigenvalue weighted by atomic mass is 16.5. The quantitative estimate of drug-likeness (QED) is 0.884. The van der Waals surface area contributed by atoms with Gasteiger partial charge in [-0.05, 0) is 24.5 Å². The van der Waals surface area contributed by atoms with E-state index in [9.17, 15) is 4.79 Å². The minimum atomic E-state index is -0.195. The minimum absolute atomic E-state index is 0.00561. The second-order valence-electron chi connectivity index (χ2n) is 6.52. The lowest BCUT2D eigenvalue weighted by Gasteiger charge is -2.41. The van der Waals surface area contributed by atoms with E-state index in [0.717, 1.165) is 36.1 Å². The van der Waals surface area contributed by atoms with Crippen LogP contribution in [0.1, 0.15) is 50.3 Å². The summed E-state index contributed by atoms with van der Waals surface area (Å²) in [6, 6.07) is 17.9. The molecule has 0 aliphatic carbocycles. The van der Waals surface area contributed by atoms with Gasteiger partial charge in [0.2, 0.25) is 5.91 Å². The number of nitrogens with one attached hydrogen (secondary N) is 1. The van der Waals surface area contributed by atoms with Gasteiger partial charge in [-0.3, -0.25) is 4.79 Å². The Morgan fingerprint density at radius 1 is 1.08 bits per heavy atom. The van der Waals surface area contributed by atoms with Crippen LogP contribution in [-0.2, 0) is 11.2 Å². The van der Waals surface area contributed by atoms with Crippen molar-refractivity contribution in [2.24, 2.45) is 0 Å². The van der Waals surface area contributed by atoms with E-state index in [4.69, 9.17) is 4.74 Å². The van der Waals surface area contributed by atoms with Crippen molar-refractivity contribution in [3.8, 4) is 5.75 Å². The zero-order chi connectivity index (χ0) is 17.0. The standard InChI is InChI=1S/C21H25NO2/c1-3-21(4-2)15-18(17-12-8-9-13-19(17)24-21)22-20(23)14-16-10-6-5-7-11-16/h5-13,18H,3-4,14-15H2,1-2H3,(H,22,23)/t18-/m0/s1. The zero-order valence-corrected chi connectivity index (χ0v) is 14.4. The molecule has 0 bridgehead atoms. The normalized spacial score (nSPS) is 18.3. The Morgan fingerprint density at radius 3 is 2.46 bits per heavy atom. The van der Waals surface area contributed by atoms with Crippen LogP contribution in [0.4, 0.5) is 0 Å². The van der Waals surface area contributed by atoms with Crippen LogP contribution in [0.25, 0.3) is 0 Å². The summed E-state index contributed by atoms with van der Waals surface area (Å²) in [6.07, 6.45) is 3.09. The van der Waals surface area contributed by atoms with Gasteiger partial charge in [-0.15, -0.1) is 0 Å². The summed E-state index contributed by atoms with van der Waals surface area (Å²) < 4.78 is 6.30. The Kier molecular flexibility index (Phi) is 4.89. The highest BCUT2D eigenvalue weighted by molar-refractivity contribution is 5.79. The SMILES string of the molecule is CCC1(CC)C[C@H](NC(=O)Cc2ccccc2)c2ccccc2O1. The molecule has 0 radical (unpaired) electrons. The molecule has 1 N–H and O–H groups in total. The van der Waals surface area contributed by atoms with E-state index in [-0.39, 0.29) is 17.6 Å². The molecule has 3 rings (SSSR count). The summed E-state index contributed by atoms with van der Waals surface area (Å²) in [6.45, 7) is 4.31. The number of hydrogen-bond acceptors (Lipinski definition) is 2. The summed E-state index contributed by atoms with van der Waals surface area (Å²) in [7, 11) is 0. The lowest BCUT2D eigenvalue weighted by atomic mass is 9.83. The van der Waals surface area contributed by atoms with Crippen molar-refractivity contribution >= 4 is 5.91 Å². The monoisotopic (exact) mass is 323 g/mol. The lowest BCUT2D eigenvalue weighted by Crippen LogP contribution is -2.44. The molecular weight excluding hydrogens is 298 g/mol. The van der Waals surface area contributed by atoms with Gasteiger partial charge in [0.25, 0.3) is 0 Å². The second-order valence-corrected chi connectivity index (χ2v) is 6.52. The topological polar surface area (TPSA) is 38.3 Å². The fourth-order valence-corrected chi connectivity index (χ4v) is 3.46. The molecule has 0 saturated carbocycles. The van der Waals surface area contributed by atoms with Gasteiger partial charge in [-0.25, -0.2) is 0 Å². The van der Waals surface area contributed by atoms with Crippen molar-refractivity contribution in [3.63, 3.8) is 0 Å². The number of rotatable bonds is 5. The van der Waals surface area contributed by atoms with Gasteiger partial charge in [-0.1, -0.05) is 62.4 Å². The first-order chi connectivity index (χ1) is 11.7. The average Bonchev–Trinajstić information content (AvgIpc) is 2.62. The van der Waals surface area contributed by atoms with Crippen LogP contribution in [0.5, 0.6) is 5.75 Å². The maximum absolute atomic E-state index is 12.5. The van der Waals surface area contributed by atoms with Crippen LogP contribution < -0.4 is 10.1 Å². The largest absolute Gasteiger partial charge is 0.487 e. The molecular formula is C21H25NO2. The number of ether oxygens (including phenoxy) is 1. The molecule has 1 aliphatic heterocycles. The predicted octanol–water partition coefficient (Wildman–Crippen LogP) is 4.43. The summed E-state index contributed by atoms with van der Waals surface area (Å²) in [5.74, 6) is 0.960. The Bertz CT molecular complexity index is 692. The Morgan fingerprint density at radius 2 is 1.75 bits per heavy atom. The summed E-state index contributed by atoms with van der Waals surface area (Å²) in [4.78, 5) is 12.5. The zero-order valence-electron chi connectivity index (χ0n) is 14.4. The molecule has 3 heteroatoms. The molecule has 1 atom stereocenters. The van der Waals surface area contributed by atoms with Gasteiger partial charge in [0.15, 0.2) is 0 Å². The number of hydrogen-bond donors (Lipinski definition) is 1.